The van der Waals surface area contributed by atoms with Gasteiger partial charge in [0.25, 0.3) is 5.91 Å². The first-order valence-electron chi connectivity index (χ1n) is 7.18. The maximum absolute atomic E-state index is 12.8. The van der Waals surface area contributed by atoms with Gasteiger partial charge in [-0.2, -0.15) is 0 Å². The quantitative estimate of drug-likeness (QED) is 0.906. The molecule has 21 heavy (non-hydrogen) atoms. The van der Waals surface area contributed by atoms with Crippen molar-refractivity contribution < 1.29 is 4.79 Å². The van der Waals surface area contributed by atoms with Crippen LogP contribution in [-0.2, 0) is 0 Å². The molecule has 2 aromatic carbocycles. The van der Waals surface area contributed by atoms with Crippen LogP contribution in [0.15, 0.2) is 48.5 Å². The van der Waals surface area contributed by atoms with Crippen LogP contribution in [0.4, 0.5) is 5.69 Å². The zero-order chi connectivity index (χ0) is 14.4. The summed E-state index contributed by atoms with van der Waals surface area (Å²) in [6.07, 6.45) is 2.05. The van der Waals surface area contributed by atoms with E-state index in [9.17, 15) is 4.79 Å². The molecule has 1 atom stereocenters. The number of hydrogen-bond acceptors (Lipinski definition) is 2. The molecule has 1 N–H and O–H groups in total. The van der Waals surface area contributed by atoms with Crippen molar-refractivity contribution in [2.45, 2.75) is 25.0 Å². The molecule has 1 saturated carbocycles. The number of anilines is 1. The summed E-state index contributed by atoms with van der Waals surface area (Å²) in [5.74, 6) is 0.117. The van der Waals surface area contributed by atoms with Gasteiger partial charge in [-0.15, -0.1) is 0 Å². The predicted molar refractivity (Wildman–Crippen MR) is 83.4 cm³/mol. The fourth-order valence-corrected chi connectivity index (χ4v) is 3.01. The first-order valence-corrected chi connectivity index (χ1v) is 7.55. The van der Waals surface area contributed by atoms with Crippen LogP contribution >= 0.6 is 11.6 Å². The highest BCUT2D eigenvalue weighted by molar-refractivity contribution is 6.30. The molecule has 0 bridgehead atoms. The Bertz CT molecular complexity index is 694. The molecule has 0 aromatic heterocycles. The molecule has 106 valence electrons. The third-order valence-corrected chi connectivity index (χ3v) is 4.34. The first-order chi connectivity index (χ1) is 10.2. The summed E-state index contributed by atoms with van der Waals surface area (Å²) in [4.78, 5) is 14.8. The maximum Gasteiger partial charge on any atom is 0.258 e. The minimum absolute atomic E-state index is 0.114. The van der Waals surface area contributed by atoms with E-state index >= 15 is 0 Å². The van der Waals surface area contributed by atoms with Crippen molar-refractivity contribution in [3.05, 3.63) is 64.7 Å². The van der Waals surface area contributed by atoms with E-state index in [-0.39, 0.29) is 12.1 Å². The lowest BCUT2D eigenvalue weighted by Gasteiger charge is -2.38. The Morgan fingerprint density at radius 2 is 1.76 bits per heavy atom. The van der Waals surface area contributed by atoms with Crippen LogP contribution in [-0.4, -0.2) is 16.8 Å². The van der Waals surface area contributed by atoms with E-state index in [0.29, 0.717) is 11.1 Å². The molecule has 0 unspecified atom stereocenters. The second-order valence-electron chi connectivity index (χ2n) is 5.59. The molecule has 2 aliphatic rings. The Hall–Kier alpha value is -2.00. The molecule has 4 heteroatoms. The second-order valence-corrected chi connectivity index (χ2v) is 6.02. The number of para-hydroxylation sites is 1. The van der Waals surface area contributed by atoms with Gasteiger partial charge < -0.3 is 10.2 Å². The van der Waals surface area contributed by atoms with Crippen molar-refractivity contribution >= 4 is 23.2 Å². The van der Waals surface area contributed by atoms with Gasteiger partial charge in [-0.1, -0.05) is 35.9 Å². The van der Waals surface area contributed by atoms with Gasteiger partial charge in [0.05, 0.1) is 5.56 Å². The van der Waals surface area contributed by atoms with E-state index < -0.39 is 0 Å². The molecule has 3 nitrogen and oxygen atoms in total. The van der Waals surface area contributed by atoms with E-state index in [1.165, 1.54) is 0 Å². The Balaban J connectivity index is 1.78. The number of amides is 1. The Labute approximate surface area is 128 Å². The first kappa shape index (κ1) is 12.7. The fourth-order valence-electron chi connectivity index (χ4n) is 2.89. The van der Waals surface area contributed by atoms with Gasteiger partial charge in [0.1, 0.15) is 6.17 Å². The van der Waals surface area contributed by atoms with Crippen LogP contribution in [0.2, 0.25) is 5.02 Å². The van der Waals surface area contributed by atoms with Crippen molar-refractivity contribution in [1.82, 2.24) is 4.90 Å². The van der Waals surface area contributed by atoms with E-state index in [1.807, 2.05) is 53.4 Å². The van der Waals surface area contributed by atoms with E-state index in [0.717, 1.165) is 29.7 Å². The molecule has 0 saturated heterocycles. The predicted octanol–water partition coefficient (Wildman–Crippen LogP) is 4.07. The lowest BCUT2D eigenvalue weighted by molar-refractivity contribution is 0.0666. The average Bonchev–Trinajstić information content (AvgIpc) is 3.32. The molecular weight excluding hydrogens is 284 g/mol. The molecule has 0 radical (unpaired) electrons. The number of hydrogen-bond donors (Lipinski definition) is 1. The van der Waals surface area contributed by atoms with Crippen LogP contribution < -0.4 is 5.32 Å². The van der Waals surface area contributed by atoms with Gasteiger partial charge in [0.15, 0.2) is 0 Å². The number of halogens is 1. The number of carbonyl (C=O) groups excluding carboxylic acids is 1. The number of nitrogens with one attached hydrogen (secondary N) is 1. The molecule has 4 rings (SSSR count). The molecule has 0 spiro atoms. The summed E-state index contributed by atoms with van der Waals surface area (Å²) in [7, 11) is 0. The zero-order valence-corrected chi connectivity index (χ0v) is 12.2. The highest BCUT2D eigenvalue weighted by atomic mass is 35.5. The van der Waals surface area contributed by atoms with Gasteiger partial charge in [0.2, 0.25) is 0 Å². The summed E-state index contributed by atoms with van der Waals surface area (Å²) in [5.41, 5.74) is 2.73. The monoisotopic (exact) mass is 298 g/mol. The van der Waals surface area contributed by atoms with E-state index in [1.54, 1.807) is 0 Å². The van der Waals surface area contributed by atoms with E-state index in [2.05, 4.69) is 5.32 Å². The fraction of sp³-hybridized carbons (Fsp3) is 0.235. The van der Waals surface area contributed by atoms with Crippen LogP contribution in [0.5, 0.6) is 0 Å². The molecule has 1 heterocycles. The highest BCUT2D eigenvalue weighted by Gasteiger charge is 2.41. The van der Waals surface area contributed by atoms with Gasteiger partial charge in [-0.05, 0) is 42.7 Å². The van der Waals surface area contributed by atoms with Gasteiger partial charge in [-0.25, -0.2) is 0 Å². The number of carbonyl (C=O) groups is 1. The number of fused-ring (bicyclic) bond motifs is 1. The van der Waals surface area contributed by atoms with Gasteiger partial charge in [-0.3, -0.25) is 4.79 Å². The number of nitrogens with zero attached hydrogens (tertiary/aromatic N) is 1. The van der Waals surface area contributed by atoms with Crippen LogP contribution in [0.3, 0.4) is 0 Å². The minimum atomic E-state index is -0.114. The standard InChI is InChI=1S/C17H15ClN2O/c18-12-7-5-11(6-8-12)16-19-15-4-2-1-3-14(15)17(21)20(16)13-9-10-13/h1-8,13,16,19H,9-10H2/t16-/m1/s1. The van der Waals surface area contributed by atoms with Crippen molar-refractivity contribution in [2.24, 2.45) is 0 Å². The summed E-state index contributed by atoms with van der Waals surface area (Å²) < 4.78 is 0. The van der Waals surface area contributed by atoms with Crippen molar-refractivity contribution in [1.29, 1.82) is 0 Å². The normalized spacial score (nSPS) is 20.9. The summed E-state index contributed by atoms with van der Waals surface area (Å²) in [6.45, 7) is 0. The maximum atomic E-state index is 12.8. The Morgan fingerprint density at radius 1 is 1.05 bits per heavy atom. The number of rotatable bonds is 2. The van der Waals surface area contributed by atoms with Crippen molar-refractivity contribution in [3.63, 3.8) is 0 Å². The second kappa shape index (κ2) is 4.78. The number of benzene rings is 2. The highest BCUT2D eigenvalue weighted by Crippen LogP contribution is 2.40. The van der Waals surface area contributed by atoms with Crippen LogP contribution in [0.25, 0.3) is 0 Å². The lowest BCUT2D eigenvalue weighted by atomic mass is 10.0. The molecule has 1 fully saturated rings. The molecule has 2 aromatic rings. The topological polar surface area (TPSA) is 32.3 Å². The SMILES string of the molecule is O=C1c2ccccc2N[C@@H](c2ccc(Cl)cc2)N1C1CC1. The third kappa shape index (κ3) is 2.18. The molecule has 1 aliphatic carbocycles. The largest absolute Gasteiger partial charge is 0.361 e. The van der Waals surface area contributed by atoms with Gasteiger partial charge >= 0.3 is 0 Å². The summed E-state index contributed by atoms with van der Waals surface area (Å²) in [5, 5.41) is 4.20. The van der Waals surface area contributed by atoms with Gasteiger partial charge in [0, 0.05) is 16.8 Å². The smallest absolute Gasteiger partial charge is 0.258 e. The summed E-state index contributed by atoms with van der Waals surface area (Å²) >= 11 is 5.97. The Morgan fingerprint density at radius 3 is 2.48 bits per heavy atom. The summed E-state index contributed by atoms with van der Waals surface area (Å²) in [6, 6.07) is 15.8. The zero-order valence-electron chi connectivity index (χ0n) is 11.4. The van der Waals surface area contributed by atoms with Crippen molar-refractivity contribution in [3.8, 4) is 0 Å². The lowest BCUT2D eigenvalue weighted by Crippen LogP contribution is -2.44. The van der Waals surface area contributed by atoms with E-state index in [4.69, 9.17) is 11.6 Å². The Kier molecular flexibility index (Phi) is 2.89. The third-order valence-electron chi connectivity index (χ3n) is 4.09. The van der Waals surface area contributed by atoms with Crippen LogP contribution in [0.1, 0.15) is 34.9 Å². The molecular formula is C17H15ClN2O. The molecule has 1 amide bonds. The molecule has 1 aliphatic heterocycles. The van der Waals surface area contributed by atoms with Crippen LogP contribution in [0, 0.1) is 0 Å². The van der Waals surface area contributed by atoms with Crippen molar-refractivity contribution in [2.75, 3.05) is 5.32 Å². The minimum Gasteiger partial charge on any atom is -0.361 e. The average molecular weight is 299 g/mol.